The van der Waals surface area contributed by atoms with Gasteiger partial charge in [-0.2, -0.15) is 0 Å². The number of hydrogen-bond donors (Lipinski definition) is 2. The Morgan fingerprint density at radius 1 is 1.00 bits per heavy atom. The summed E-state index contributed by atoms with van der Waals surface area (Å²) in [4.78, 5) is 24.6. The van der Waals surface area contributed by atoms with Crippen molar-refractivity contribution in [3.05, 3.63) is 77.9 Å². The number of anilines is 2. The molecule has 0 aromatic heterocycles. The van der Waals surface area contributed by atoms with Crippen molar-refractivity contribution in [3.8, 4) is 0 Å². The molecule has 2 aromatic rings. The molecule has 1 saturated carbocycles. The van der Waals surface area contributed by atoms with Gasteiger partial charge in [0.2, 0.25) is 0 Å². The van der Waals surface area contributed by atoms with Crippen LogP contribution in [0.5, 0.6) is 0 Å². The normalized spacial score (nSPS) is 17.6. The van der Waals surface area contributed by atoms with Crippen molar-refractivity contribution in [1.82, 2.24) is 0 Å². The highest BCUT2D eigenvalue weighted by Crippen LogP contribution is 2.30. The molecule has 0 amide bonds. The van der Waals surface area contributed by atoms with E-state index in [9.17, 15) is 9.59 Å². The zero-order valence-corrected chi connectivity index (χ0v) is 21.0. The van der Waals surface area contributed by atoms with Crippen LogP contribution in [0.25, 0.3) is 6.08 Å². The van der Waals surface area contributed by atoms with Crippen LogP contribution in [0.3, 0.4) is 0 Å². The van der Waals surface area contributed by atoms with Gasteiger partial charge in [-0.25, -0.2) is 9.59 Å². The Labute approximate surface area is 214 Å². The van der Waals surface area contributed by atoms with Gasteiger partial charge in [0, 0.05) is 23.9 Å². The van der Waals surface area contributed by atoms with Gasteiger partial charge in [0.05, 0.1) is 12.2 Å². The van der Waals surface area contributed by atoms with Gasteiger partial charge in [0.1, 0.15) is 6.10 Å². The second-order valence-electron chi connectivity index (χ2n) is 9.45. The van der Waals surface area contributed by atoms with Crippen molar-refractivity contribution in [2.45, 2.75) is 63.9 Å². The lowest BCUT2D eigenvalue weighted by atomic mass is 9.84. The number of nitrogens with two attached hydrogens (primary N) is 2. The maximum absolute atomic E-state index is 12.6. The van der Waals surface area contributed by atoms with E-state index in [1.807, 2.05) is 12.1 Å². The van der Waals surface area contributed by atoms with E-state index in [1.54, 1.807) is 42.5 Å². The van der Waals surface area contributed by atoms with Crippen LogP contribution in [0.15, 0.2) is 61.2 Å². The molecule has 36 heavy (non-hydrogen) atoms. The topological polar surface area (TPSA) is 105 Å². The molecular weight excluding hydrogens is 452 g/mol. The lowest BCUT2D eigenvalue weighted by Crippen LogP contribution is -2.24. The van der Waals surface area contributed by atoms with Crippen LogP contribution < -0.4 is 11.5 Å². The molecule has 0 saturated heterocycles. The third-order valence-electron chi connectivity index (χ3n) is 6.68. The fourth-order valence-corrected chi connectivity index (χ4v) is 4.52. The first-order valence-corrected chi connectivity index (χ1v) is 12.8. The number of unbranched alkanes of at least 4 members (excludes halogenated alkanes) is 2. The van der Waals surface area contributed by atoms with Gasteiger partial charge < -0.3 is 20.9 Å². The van der Waals surface area contributed by atoms with Crippen LogP contribution >= 0.6 is 0 Å². The molecule has 0 spiro atoms. The quantitative estimate of drug-likeness (QED) is 0.122. The molecule has 2 aromatic carbocycles. The highest BCUT2D eigenvalue weighted by atomic mass is 16.5. The first-order valence-electron chi connectivity index (χ1n) is 12.8. The van der Waals surface area contributed by atoms with E-state index in [0.29, 0.717) is 23.4 Å². The van der Waals surface area contributed by atoms with Crippen LogP contribution in [0.4, 0.5) is 11.4 Å². The summed E-state index contributed by atoms with van der Waals surface area (Å²) in [5.74, 6) is 0.0171. The van der Waals surface area contributed by atoms with Crippen molar-refractivity contribution < 1.29 is 19.1 Å². The van der Waals surface area contributed by atoms with Gasteiger partial charge in [-0.15, -0.1) is 6.58 Å². The number of carbonyl (C=O) groups excluding carboxylic acids is 2. The molecule has 0 unspecified atom stereocenters. The van der Waals surface area contributed by atoms with Crippen LogP contribution in [0.2, 0.25) is 0 Å². The molecule has 0 heterocycles. The molecular formula is C30H38N2O4. The molecule has 1 aliphatic carbocycles. The minimum Gasteiger partial charge on any atom is -0.462 e. The number of allylic oxidation sites excluding steroid dienone is 1. The number of hydrogen-bond acceptors (Lipinski definition) is 6. The molecule has 192 valence electrons. The third kappa shape index (κ3) is 8.91. The first-order chi connectivity index (χ1) is 17.4. The van der Waals surface area contributed by atoms with Gasteiger partial charge >= 0.3 is 11.9 Å². The number of rotatable bonds is 12. The zero-order valence-electron chi connectivity index (χ0n) is 21.0. The molecule has 0 atom stereocenters. The van der Waals surface area contributed by atoms with Gasteiger partial charge in [0.25, 0.3) is 0 Å². The van der Waals surface area contributed by atoms with E-state index < -0.39 is 5.97 Å². The van der Waals surface area contributed by atoms with Gasteiger partial charge in [-0.1, -0.05) is 37.1 Å². The van der Waals surface area contributed by atoms with Crippen molar-refractivity contribution in [2.24, 2.45) is 5.92 Å². The maximum Gasteiger partial charge on any atom is 0.338 e. The number of nitrogen functional groups attached to an aromatic ring is 2. The first kappa shape index (κ1) is 27.1. The van der Waals surface area contributed by atoms with Gasteiger partial charge in [-0.3, -0.25) is 0 Å². The Morgan fingerprint density at radius 3 is 2.44 bits per heavy atom. The summed E-state index contributed by atoms with van der Waals surface area (Å²) in [6.45, 7) is 4.00. The molecule has 1 aliphatic rings. The highest BCUT2D eigenvalue weighted by molar-refractivity contribution is 5.90. The Hall–Kier alpha value is -3.54. The Morgan fingerprint density at radius 2 is 1.75 bits per heavy atom. The van der Waals surface area contributed by atoms with E-state index in [2.05, 4.69) is 6.58 Å². The average molecular weight is 491 g/mol. The molecule has 0 aliphatic heterocycles. The minimum atomic E-state index is -0.441. The van der Waals surface area contributed by atoms with E-state index in [1.165, 1.54) is 25.3 Å². The maximum atomic E-state index is 12.6. The van der Waals surface area contributed by atoms with Gasteiger partial charge in [-0.05, 0) is 85.9 Å². The van der Waals surface area contributed by atoms with Crippen LogP contribution in [0.1, 0.15) is 72.9 Å². The number of esters is 2. The smallest absolute Gasteiger partial charge is 0.338 e. The molecule has 0 bridgehead atoms. The molecule has 3 rings (SSSR count). The highest BCUT2D eigenvalue weighted by Gasteiger charge is 2.24. The lowest BCUT2D eigenvalue weighted by Gasteiger charge is -2.28. The fourth-order valence-electron chi connectivity index (χ4n) is 4.52. The Kier molecular flexibility index (Phi) is 10.6. The van der Waals surface area contributed by atoms with Crippen LogP contribution in [0, 0.1) is 5.92 Å². The predicted octanol–water partition coefficient (Wildman–Crippen LogP) is 6.11. The molecule has 6 heteroatoms. The Balaban J connectivity index is 1.37. The second-order valence-corrected chi connectivity index (χ2v) is 9.45. The fraction of sp³-hybridized carbons (Fsp3) is 0.400. The summed E-state index contributed by atoms with van der Waals surface area (Å²) < 4.78 is 11.0. The Bertz CT molecular complexity index is 1040. The SMILES string of the molecule is C=CCCCCC1CCC(OC(=O)c2ccc(C=CC(=O)OCCc3ccc(N)cc3N)cc2)CC1. The zero-order chi connectivity index (χ0) is 25.8. The number of ether oxygens (including phenoxy) is 2. The van der Waals surface area contributed by atoms with E-state index in [4.69, 9.17) is 20.9 Å². The third-order valence-corrected chi connectivity index (χ3v) is 6.68. The summed E-state index contributed by atoms with van der Waals surface area (Å²) in [7, 11) is 0. The van der Waals surface area contributed by atoms with Crippen molar-refractivity contribution in [1.29, 1.82) is 0 Å². The minimum absolute atomic E-state index is 0.000129. The standard InChI is InChI=1S/C30H38N2O4/c1-2-3-4-5-6-22-9-16-27(17-10-22)36-30(34)25-12-7-23(8-13-25)11-18-29(33)35-20-19-24-14-15-26(31)21-28(24)32/h2,7-8,11-15,18,21-22,27H,1,3-6,9-10,16-17,19-20,31-32H2. The molecule has 6 nitrogen and oxygen atoms in total. The second kappa shape index (κ2) is 14.1. The lowest BCUT2D eigenvalue weighted by molar-refractivity contribution is -0.137. The van der Waals surface area contributed by atoms with Crippen LogP contribution in [-0.4, -0.2) is 24.6 Å². The largest absolute Gasteiger partial charge is 0.462 e. The van der Waals surface area contributed by atoms with Crippen molar-refractivity contribution >= 4 is 29.4 Å². The van der Waals surface area contributed by atoms with E-state index in [-0.39, 0.29) is 18.7 Å². The summed E-state index contributed by atoms with van der Waals surface area (Å²) in [6.07, 6.45) is 14.5. The van der Waals surface area contributed by atoms with Crippen molar-refractivity contribution in [3.63, 3.8) is 0 Å². The van der Waals surface area contributed by atoms with E-state index in [0.717, 1.165) is 49.1 Å². The summed E-state index contributed by atoms with van der Waals surface area (Å²) in [5.41, 5.74) is 15.0. The monoisotopic (exact) mass is 490 g/mol. The van der Waals surface area contributed by atoms with Gasteiger partial charge in [0.15, 0.2) is 0 Å². The molecule has 1 fully saturated rings. The summed E-state index contributed by atoms with van der Waals surface area (Å²) in [6, 6.07) is 12.3. The summed E-state index contributed by atoms with van der Waals surface area (Å²) in [5, 5.41) is 0. The van der Waals surface area contributed by atoms with E-state index >= 15 is 0 Å². The van der Waals surface area contributed by atoms with Crippen molar-refractivity contribution in [2.75, 3.05) is 18.1 Å². The predicted molar refractivity (Wildman–Crippen MR) is 145 cm³/mol. The molecule has 4 N–H and O–H groups in total. The molecule has 0 radical (unpaired) electrons. The number of carbonyl (C=O) groups is 2. The van der Waals surface area contributed by atoms with Crippen LogP contribution in [-0.2, 0) is 20.7 Å². The average Bonchev–Trinajstić information content (AvgIpc) is 2.88. The number of benzene rings is 2. The summed E-state index contributed by atoms with van der Waals surface area (Å²) >= 11 is 0.